The predicted octanol–water partition coefficient (Wildman–Crippen LogP) is 1.69. The van der Waals surface area contributed by atoms with Gasteiger partial charge in [-0.3, -0.25) is 10.1 Å². The van der Waals surface area contributed by atoms with E-state index < -0.39 is 4.92 Å². The molecule has 0 spiro atoms. The van der Waals surface area contributed by atoms with Crippen molar-refractivity contribution in [3.63, 3.8) is 0 Å². The highest BCUT2D eigenvalue weighted by Crippen LogP contribution is 2.17. The fourth-order valence-corrected chi connectivity index (χ4v) is 1.19. The van der Waals surface area contributed by atoms with Crippen molar-refractivity contribution in [1.82, 2.24) is 4.98 Å². The average Bonchev–Trinajstić information content (AvgIpc) is 2.34. The van der Waals surface area contributed by atoms with Gasteiger partial charge < -0.3 is 5.32 Å². The molecule has 86 valence electrons. The van der Waals surface area contributed by atoms with Crippen LogP contribution >= 0.6 is 0 Å². The first kappa shape index (κ1) is 12.5. The van der Waals surface area contributed by atoms with Gasteiger partial charge in [0.05, 0.1) is 4.92 Å². The molecule has 0 aliphatic rings. The predicted molar refractivity (Wildman–Crippen MR) is 62.2 cm³/mol. The van der Waals surface area contributed by atoms with Gasteiger partial charge in [-0.1, -0.05) is 0 Å². The lowest BCUT2D eigenvalue weighted by atomic mass is 10.3. The molecule has 1 aromatic rings. The third-order valence-corrected chi connectivity index (χ3v) is 1.98. The zero-order chi connectivity index (χ0) is 12.7. The van der Waals surface area contributed by atoms with Gasteiger partial charge in [0.2, 0.25) is 5.69 Å². The van der Waals surface area contributed by atoms with Gasteiger partial charge in [-0.2, -0.15) is 5.26 Å². The maximum absolute atomic E-state index is 10.6. The molecule has 17 heavy (non-hydrogen) atoms. The first-order chi connectivity index (χ1) is 8.19. The van der Waals surface area contributed by atoms with Gasteiger partial charge in [-0.15, -0.1) is 12.3 Å². The Morgan fingerprint density at radius 1 is 1.59 bits per heavy atom. The molecule has 0 amide bonds. The minimum atomic E-state index is -0.631. The van der Waals surface area contributed by atoms with E-state index in [1.165, 1.54) is 12.1 Å². The molecule has 0 fully saturated rings. The second-order valence-corrected chi connectivity index (χ2v) is 3.17. The zero-order valence-electron chi connectivity index (χ0n) is 9.01. The van der Waals surface area contributed by atoms with Crippen LogP contribution in [0.4, 0.5) is 11.5 Å². The van der Waals surface area contributed by atoms with E-state index in [1.54, 1.807) is 6.07 Å². The van der Waals surface area contributed by atoms with Gasteiger partial charge in [0, 0.05) is 19.0 Å². The maximum atomic E-state index is 10.6. The van der Waals surface area contributed by atoms with Gasteiger partial charge in [0.25, 0.3) is 0 Å². The minimum absolute atomic E-state index is 0.197. The number of nitrogens with zero attached hydrogens (tertiary/aromatic N) is 3. The van der Waals surface area contributed by atoms with Gasteiger partial charge in [-0.25, -0.2) is 4.98 Å². The monoisotopic (exact) mass is 230 g/mol. The summed E-state index contributed by atoms with van der Waals surface area (Å²) in [7, 11) is 0. The number of pyridine rings is 1. The number of terminal acetylenes is 1. The van der Waals surface area contributed by atoms with E-state index in [0.29, 0.717) is 18.8 Å². The Morgan fingerprint density at radius 2 is 2.35 bits per heavy atom. The molecule has 0 unspecified atom stereocenters. The summed E-state index contributed by atoms with van der Waals surface area (Å²) in [5, 5.41) is 22.2. The number of nitro groups is 1. The number of hydrogen-bond acceptors (Lipinski definition) is 5. The van der Waals surface area contributed by atoms with Crippen molar-refractivity contribution in [3.8, 4) is 18.4 Å². The number of anilines is 1. The van der Waals surface area contributed by atoms with Gasteiger partial charge in [0.15, 0.2) is 0 Å². The van der Waals surface area contributed by atoms with Crippen LogP contribution in [-0.4, -0.2) is 16.5 Å². The molecule has 0 aliphatic carbocycles. The molecule has 0 radical (unpaired) electrons. The zero-order valence-corrected chi connectivity index (χ0v) is 9.01. The molecule has 1 N–H and O–H groups in total. The molecule has 6 heteroatoms. The lowest BCUT2D eigenvalue weighted by Gasteiger charge is -2.04. The Labute approximate surface area is 98.4 Å². The minimum Gasteiger partial charge on any atom is -0.370 e. The molecular formula is C11H10N4O2. The van der Waals surface area contributed by atoms with E-state index >= 15 is 0 Å². The Bertz CT molecular complexity index is 499. The third-order valence-electron chi connectivity index (χ3n) is 1.98. The Balaban J connectivity index is 2.74. The summed E-state index contributed by atoms with van der Waals surface area (Å²) >= 11 is 0. The van der Waals surface area contributed by atoms with Gasteiger partial charge in [-0.05, 0) is 12.5 Å². The SMILES string of the molecule is C#CCCCNc1ccc([N+](=O)[O-])c(C#N)n1. The maximum Gasteiger partial charge on any atom is 0.305 e. The smallest absolute Gasteiger partial charge is 0.305 e. The van der Waals surface area contributed by atoms with Crippen LogP contribution in [0.15, 0.2) is 12.1 Å². The number of hydrogen-bond donors (Lipinski definition) is 1. The van der Waals surface area contributed by atoms with E-state index in [1.807, 2.05) is 0 Å². The average molecular weight is 230 g/mol. The van der Waals surface area contributed by atoms with Crippen molar-refractivity contribution < 1.29 is 4.92 Å². The van der Waals surface area contributed by atoms with Crippen molar-refractivity contribution in [2.24, 2.45) is 0 Å². The summed E-state index contributed by atoms with van der Waals surface area (Å²) in [5.41, 5.74) is -0.487. The Hall–Kier alpha value is -2.60. The molecule has 0 aromatic carbocycles. The molecule has 0 atom stereocenters. The molecule has 6 nitrogen and oxygen atoms in total. The quantitative estimate of drug-likeness (QED) is 0.359. The van der Waals surface area contributed by atoms with Crippen LogP contribution < -0.4 is 5.32 Å². The van der Waals surface area contributed by atoms with Crippen molar-refractivity contribution >= 4 is 11.5 Å². The third kappa shape index (κ3) is 3.47. The van der Waals surface area contributed by atoms with Gasteiger partial charge in [0.1, 0.15) is 11.9 Å². The fraction of sp³-hybridized carbons (Fsp3) is 0.273. The van der Waals surface area contributed by atoms with E-state index in [0.717, 1.165) is 6.42 Å². The summed E-state index contributed by atoms with van der Waals surface area (Å²) in [6.07, 6.45) is 6.51. The molecule has 1 heterocycles. The first-order valence-electron chi connectivity index (χ1n) is 4.92. The van der Waals surface area contributed by atoms with Gasteiger partial charge >= 0.3 is 5.69 Å². The van der Waals surface area contributed by atoms with E-state index in [9.17, 15) is 10.1 Å². The van der Waals surface area contributed by atoms with Crippen LogP contribution in [0.1, 0.15) is 18.5 Å². The normalized spacial score (nSPS) is 9.06. The summed E-state index contributed by atoms with van der Waals surface area (Å²) in [6, 6.07) is 4.42. The second kappa shape index (κ2) is 6.09. The van der Waals surface area contributed by atoms with E-state index in [4.69, 9.17) is 11.7 Å². The van der Waals surface area contributed by atoms with Crippen LogP contribution in [0.2, 0.25) is 0 Å². The van der Waals surface area contributed by atoms with Crippen LogP contribution in [-0.2, 0) is 0 Å². The Morgan fingerprint density at radius 3 is 2.94 bits per heavy atom. The van der Waals surface area contributed by atoms with E-state index in [2.05, 4.69) is 16.2 Å². The molecule has 1 rings (SSSR count). The largest absolute Gasteiger partial charge is 0.370 e. The van der Waals surface area contributed by atoms with Crippen LogP contribution in [0.5, 0.6) is 0 Å². The summed E-state index contributed by atoms with van der Waals surface area (Å²) in [6.45, 7) is 0.611. The summed E-state index contributed by atoms with van der Waals surface area (Å²) in [4.78, 5) is 13.8. The molecule has 0 bridgehead atoms. The summed E-state index contributed by atoms with van der Waals surface area (Å²) < 4.78 is 0. The van der Waals surface area contributed by atoms with E-state index in [-0.39, 0.29) is 11.4 Å². The highest BCUT2D eigenvalue weighted by molar-refractivity contribution is 5.50. The van der Waals surface area contributed by atoms with Crippen LogP contribution in [0.3, 0.4) is 0 Å². The summed E-state index contributed by atoms with van der Waals surface area (Å²) in [5.74, 6) is 2.93. The van der Waals surface area contributed by atoms with Crippen molar-refractivity contribution in [1.29, 1.82) is 5.26 Å². The molecule has 0 saturated carbocycles. The lowest BCUT2D eigenvalue weighted by Crippen LogP contribution is -2.05. The second-order valence-electron chi connectivity index (χ2n) is 3.17. The topological polar surface area (TPSA) is 91.9 Å². The van der Waals surface area contributed by atoms with Crippen molar-refractivity contribution in [2.45, 2.75) is 12.8 Å². The molecular weight excluding hydrogens is 220 g/mol. The molecule has 1 aromatic heterocycles. The number of rotatable bonds is 5. The highest BCUT2D eigenvalue weighted by Gasteiger charge is 2.15. The Kier molecular flexibility index (Phi) is 4.46. The van der Waals surface area contributed by atoms with Crippen LogP contribution in [0.25, 0.3) is 0 Å². The van der Waals surface area contributed by atoms with Crippen LogP contribution in [0, 0.1) is 33.8 Å². The molecule has 0 aliphatic heterocycles. The number of unbranched alkanes of at least 4 members (excludes halogenated alkanes) is 1. The van der Waals surface area contributed by atoms with Crippen molar-refractivity contribution in [3.05, 3.63) is 27.9 Å². The fourth-order valence-electron chi connectivity index (χ4n) is 1.19. The number of aromatic nitrogens is 1. The standard InChI is InChI=1S/C11H10N4O2/c1-2-3-4-7-13-11-6-5-10(15(16)17)9(8-12)14-11/h1,5-6H,3-4,7H2,(H,13,14). The first-order valence-corrected chi connectivity index (χ1v) is 4.92. The highest BCUT2D eigenvalue weighted by atomic mass is 16.6. The molecule has 0 saturated heterocycles. The number of nitrogens with one attached hydrogen (secondary N) is 1. The lowest BCUT2D eigenvalue weighted by molar-refractivity contribution is -0.385. The number of nitriles is 1. The van der Waals surface area contributed by atoms with Crippen molar-refractivity contribution in [2.75, 3.05) is 11.9 Å².